The predicted molar refractivity (Wildman–Crippen MR) is 157 cm³/mol. The van der Waals surface area contributed by atoms with E-state index in [2.05, 4.69) is 25.9 Å². The number of benzene rings is 2. The highest BCUT2D eigenvalue weighted by Gasteiger charge is 2.19. The standard InChI is InChI=1S/C31H27N5O7S/c37-27-14-12-19-7-9-20(10-8-19)16-32-29(38)25-5-2-6-26(36-25)30(39)33-17-21-11-13-22(28(15-21)44(41,42)43)18-34-31(40)24-4-1-3-23(27)35-24/h1-11,13,15H,12,14,16-18H2,(H,32,38)(H,33,39)(H,34,40)(H,41,42,43). The first-order chi connectivity index (χ1) is 21.1. The van der Waals surface area contributed by atoms with Crippen LogP contribution >= 0.6 is 0 Å². The van der Waals surface area contributed by atoms with E-state index in [-0.39, 0.29) is 60.2 Å². The Morgan fingerprint density at radius 3 is 1.64 bits per heavy atom. The van der Waals surface area contributed by atoms with Crippen molar-refractivity contribution >= 4 is 33.6 Å². The molecule has 0 aliphatic carbocycles. The third-order valence-electron chi connectivity index (χ3n) is 6.90. The van der Waals surface area contributed by atoms with Crippen LogP contribution in [0.1, 0.15) is 70.6 Å². The highest BCUT2D eigenvalue weighted by Crippen LogP contribution is 2.19. The van der Waals surface area contributed by atoms with Gasteiger partial charge in [0.15, 0.2) is 5.78 Å². The van der Waals surface area contributed by atoms with Crippen LogP contribution in [0.4, 0.5) is 0 Å². The summed E-state index contributed by atoms with van der Waals surface area (Å²) in [5.74, 6) is -1.99. The molecule has 6 heterocycles. The van der Waals surface area contributed by atoms with Gasteiger partial charge < -0.3 is 16.0 Å². The van der Waals surface area contributed by atoms with Gasteiger partial charge in [-0.3, -0.25) is 23.7 Å². The van der Waals surface area contributed by atoms with Crippen LogP contribution in [0, 0.1) is 0 Å². The van der Waals surface area contributed by atoms with Gasteiger partial charge in [0.05, 0.1) is 4.90 Å². The van der Waals surface area contributed by atoms with Crippen molar-refractivity contribution < 1.29 is 32.1 Å². The Labute approximate surface area is 252 Å². The largest absolute Gasteiger partial charge is 0.347 e. The fourth-order valence-electron chi connectivity index (χ4n) is 4.52. The first-order valence-electron chi connectivity index (χ1n) is 13.6. The lowest BCUT2D eigenvalue weighted by atomic mass is 10.0. The van der Waals surface area contributed by atoms with Crippen molar-refractivity contribution in [2.24, 2.45) is 0 Å². The van der Waals surface area contributed by atoms with Crippen LogP contribution in [0.2, 0.25) is 0 Å². The zero-order valence-corrected chi connectivity index (χ0v) is 24.1. The Balaban J connectivity index is 1.44. The number of pyridine rings is 2. The molecule has 0 atom stereocenters. The molecule has 0 radical (unpaired) electrons. The summed E-state index contributed by atoms with van der Waals surface area (Å²) in [5.41, 5.74) is 2.24. The first kappa shape index (κ1) is 30.2. The number of amides is 3. The molecule has 4 N–H and O–H groups in total. The SMILES string of the molecule is O=C1CCc2ccc(cc2)CNC(=O)c2cccc(n2)C(=O)NCc2ccc(c(S(=O)(=O)O)c2)CNC(=O)c2cccc1n2. The minimum absolute atomic E-state index is 0.0231. The van der Waals surface area contributed by atoms with Crippen molar-refractivity contribution in [2.75, 3.05) is 0 Å². The van der Waals surface area contributed by atoms with Crippen molar-refractivity contribution in [3.8, 4) is 0 Å². The molecule has 0 saturated heterocycles. The van der Waals surface area contributed by atoms with E-state index in [1.54, 1.807) is 0 Å². The van der Waals surface area contributed by atoms with Gasteiger partial charge >= 0.3 is 0 Å². The van der Waals surface area contributed by atoms with E-state index in [4.69, 9.17) is 0 Å². The van der Waals surface area contributed by atoms with Crippen molar-refractivity contribution in [2.45, 2.75) is 37.4 Å². The quantitative estimate of drug-likeness (QED) is 0.234. The molecule has 2 aromatic carbocycles. The average Bonchev–Trinajstić information content (AvgIpc) is 3.03. The molecule has 4 aromatic rings. The molecule has 4 aliphatic rings. The minimum Gasteiger partial charge on any atom is -0.347 e. The lowest BCUT2D eigenvalue weighted by molar-refractivity contribution is 0.0929. The second-order valence-electron chi connectivity index (χ2n) is 10.0. The van der Waals surface area contributed by atoms with Gasteiger partial charge in [0.25, 0.3) is 27.8 Å². The van der Waals surface area contributed by atoms with Gasteiger partial charge in [0.2, 0.25) is 0 Å². The second-order valence-corrected chi connectivity index (χ2v) is 11.4. The van der Waals surface area contributed by atoms with Gasteiger partial charge in [-0.1, -0.05) is 48.5 Å². The van der Waals surface area contributed by atoms with Gasteiger partial charge in [-0.25, -0.2) is 9.97 Å². The Kier molecular flexibility index (Phi) is 8.88. The maximum atomic E-state index is 12.8. The average molecular weight is 614 g/mol. The van der Waals surface area contributed by atoms with Gasteiger partial charge in [-0.2, -0.15) is 8.42 Å². The smallest absolute Gasteiger partial charge is 0.294 e. The highest BCUT2D eigenvalue weighted by molar-refractivity contribution is 7.85. The summed E-state index contributed by atoms with van der Waals surface area (Å²) in [4.78, 5) is 59.1. The molecule has 2 aromatic heterocycles. The summed E-state index contributed by atoms with van der Waals surface area (Å²) in [6, 6.07) is 20.4. The Bertz CT molecular complexity index is 1870. The van der Waals surface area contributed by atoms with Crippen LogP contribution < -0.4 is 16.0 Å². The van der Waals surface area contributed by atoms with E-state index in [0.717, 1.165) is 11.1 Å². The Hall–Kier alpha value is -5.27. The number of nitrogens with zero attached hydrogens (tertiary/aromatic N) is 2. The third-order valence-corrected chi connectivity index (χ3v) is 7.84. The number of ketones is 1. The zero-order chi connectivity index (χ0) is 31.3. The molecule has 0 saturated carbocycles. The van der Waals surface area contributed by atoms with Crippen molar-refractivity contribution in [1.82, 2.24) is 25.9 Å². The predicted octanol–water partition coefficient (Wildman–Crippen LogP) is 2.64. The summed E-state index contributed by atoms with van der Waals surface area (Å²) in [6.07, 6.45) is 0.574. The zero-order valence-electron chi connectivity index (χ0n) is 23.2. The normalized spacial score (nSPS) is 14.9. The molecule has 224 valence electrons. The minimum atomic E-state index is -4.70. The fraction of sp³-hybridized carbons (Fsp3) is 0.161. The Morgan fingerprint density at radius 1 is 0.568 bits per heavy atom. The van der Waals surface area contributed by atoms with E-state index in [1.807, 2.05) is 24.3 Å². The molecule has 8 bridgehead atoms. The monoisotopic (exact) mass is 613 g/mol. The molecule has 8 rings (SSSR count). The van der Waals surface area contributed by atoms with E-state index in [0.29, 0.717) is 12.0 Å². The molecule has 0 unspecified atom stereocenters. The van der Waals surface area contributed by atoms with Crippen LogP contribution in [0.15, 0.2) is 83.8 Å². The summed E-state index contributed by atoms with van der Waals surface area (Å²) in [5, 5.41) is 7.96. The number of carbonyl (C=O) groups excluding carboxylic acids is 4. The second kappa shape index (κ2) is 12.9. The molecular formula is C31H27N5O7S. The maximum Gasteiger partial charge on any atom is 0.294 e. The molecule has 12 nitrogen and oxygen atoms in total. The summed E-state index contributed by atoms with van der Waals surface area (Å²) >= 11 is 0. The summed E-state index contributed by atoms with van der Waals surface area (Å²) in [7, 11) is -4.70. The number of rotatable bonds is 1. The van der Waals surface area contributed by atoms with Crippen LogP contribution in [0.3, 0.4) is 0 Å². The first-order valence-corrected chi connectivity index (χ1v) is 15.0. The van der Waals surface area contributed by atoms with Crippen LogP contribution in [-0.2, 0) is 36.2 Å². The number of hydrogen-bond acceptors (Lipinski definition) is 8. The van der Waals surface area contributed by atoms with Crippen LogP contribution in [-0.4, -0.2) is 46.4 Å². The lowest BCUT2D eigenvalue weighted by Gasteiger charge is -2.12. The van der Waals surface area contributed by atoms with Crippen LogP contribution in [0.25, 0.3) is 0 Å². The van der Waals surface area contributed by atoms with E-state index in [9.17, 15) is 32.1 Å². The van der Waals surface area contributed by atoms with Gasteiger partial charge in [0.1, 0.15) is 22.8 Å². The topological polar surface area (TPSA) is 185 Å². The van der Waals surface area contributed by atoms with E-state index >= 15 is 0 Å². The van der Waals surface area contributed by atoms with E-state index in [1.165, 1.54) is 54.6 Å². The van der Waals surface area contributed by atoms with Crippen molar-refractivity contribution in [1.29, 1.82) is 0 Å². The van der Waals surface area contributed by atoms with Gasteiger partial charge in [-0.05, 0) is 59.0 Å². The Morgan fingerprint density at radius 2 is 1.05 bits per heavy atom. The van der Waals surface area contributed by atoms with E-state index < -0.39 is 32.7 Å². The molecule has 0 spiro atoms. The molecule has 3 amide bonds. The van der Waals surface area contributed by atoms with Gasteiger partial charge in [-0.15, -0.1) is 0 Å². The molecule has 44 heavy (non-hydrogen) atoms. The van der Waals surface area contributed by atoms with Gasteiger partial charge in [0, 0.05) is 26.1 Å². The third kappa shape index (κ3) is 7.38. The summed E-state index contributed by atoms with van der Waals surface area (Å²) < 4.78 is 34.2. The van der Waals surface area contributed by atoms with Crippen LogP contribution in [0.5, 0.6) is 0 Å². The number of carbonyl (C=O) groups is 4. The fourth-order valence-corrected chi connectivity index (χ4v) is 5.29. The number of aromatic nitrogens is 2. The summed E-state index contributed by atoms with van der Waals surface area (Å²) in [6.45, 7) is -0.178. The molecular weight excluding hydrogens is 586 g/mol. The number of Topliss-reactive ketones (excluding diaryl/α,β-unsaturated/α-hetero) is 1. The molecule has 0 fully saturated rings. The number of hydrogen-bond donors (Lipinski definition) is 4. The highest BCUT2D eigenvalue weighted by atomic mass is 32.2. The van der Waals surface area contributed by atoms with Crippen molar-refractivity contribution in [3.63, 3.8) is 0 Å². The molecule has 4 aliphatic heterocycles. The lowest BCUT2D eigenvalue weighted by Crippen LogP contribution is -2.27. The molecule has 13 heteroatoms. The van der Waals surface area contributed by atoms with Crippen molar-refractivity contribution in [3.05, 3.63) is 124 Å². The maximum absolute atomic E-state index is 12.8. The number of nitrogens with one attached hydrogen (secondary N) is 3. The number of aryl methyl sites for hydroxylation is 1.